The lowest BCUT2D eigenvalue weighted by molar-refractivity contribution is -0.143. The van der Waals surface area contributed by atoms with Gasteiger partial charge in [-0.3, -0.25) is 4.79 Å². The quantitative estimate of drug-likeness (QED) is 0.779. The van der Waals surface area contributed by atoms with Crippen molar-refractivity contribution < 1.29 is 9.53 Å². The highest BCUT2D eigenvalue weighted by Crippen LogP contribution is 2.21. The Morgan fingerprint density at radius 1 is 1.39 bits per heavy atom. The van der Waals surface area contributed by atoms with Gasteiger partial charge in [-0.25, -0.2) is 4.98 Å². The van der Waals surface area contributed by atoms with Gasteiger partial charge in [-0.15, -0.1) is 0 Å². The van der Waals surface area contributed by atoms with Gasteiger partial charge >= 0.3 is 5.97 Å². The summed E-state index contributed by atoms with van der Waals surface area (Å²) in [6, 6.07) is 7.85. The lowest BCUT2D eigenvalue weighted by Gasteiger charge is -2.10. The summed E-state index contributed by atoms with van der Waals surface area (Å²) in [5.74, 6) is 0.971. The summed E-state index contributed by atoms with van der Waals surface area (Å²) in [4.78, 5) is 16.2. The summed E-state index contributed by atoms with van der Waals surface area (Å²) in [6.07, 6.45) is 0. The van der Waals surface area contributed by atoms with E-state index < -0.39 is 0 Å². The van der Waals surface area contributed by atoms with Gasteiger partial charge in [0.25, 0.3) is 0 Å². The topological polar surface area (TPSA) is 44.1 Å². The number of nitrogens with zero attached hydrogens (tertiary/aromatic N) is 2. The number of rotatable bonds is 4. The molecule has 0 aliphatic rings. The van der Waals surface area contributed by atoms with Gasteiger partial charge in [0, 0.05) is 5.92 Å². The Morgan fingerprint density at radius 3 is 2.78 bits per heavy atom. The van der Waals surface area contributed by atoms with Crippen LogP contribution in [0.1, 0.15) is 32.5 Å². The van der Waals surface area contributed by atoms with E-state index in [4.69, 9.17) is 4.74 Å². The third-order valence-corrected chi connectivity index (χ3v) is 2.79. The molecule has 96 valence electrons. The highest BCUT2D eigenvalue weighted by atomic mass is 16.5. The van der Waals surface area contributed by atoms with Crippen molar-refractivity contribution in [1.82, 2.24) is 9.55 Å². The molecule has 0 aliphatic heterocycles. The molecule has 1 aromatic heterocycles. The largest absolute Gasteiger partial charge is 0.465 e. The fourth-order valence-corrected chi connectivity index (χ4v) is 2.04. The van der Waals surface area contributed by atoms with E-state index in [9.17, 15) is 4.79 Å². The number of hydrogen-bond acceptors (Lipinski definition) is 3. The standard InChI is InChI=1S/C14H18N2O2/c1-4-18-13(17)9-16-12-8-6-5-7-11(12)15-14(16)10(2)3/h5-8,10H,4,9H2,1-3H3. The summed E-state index contributed by atoms with van der Waals surface area (Å²) in [6.45, 7) is 6.59. The molecule has 0 amide bonds. The van der Waals surface area contributed by atoms with E-state index in [0.717, 1.165) is 16.9 Å². The van der Waals surface area contributed by atoms with Gasteiger partial charge in [-0.05, 0) is 19.1 Å². The molecular weight excluding hydrogens is 228 g/mol. The number of carbonyl (C=O) groups excluding carboxylic acids is 1. The maximum absolute atomic E-state index is 11.7. The van der Waals surface area contributed by atoms with E-state index in [2.05, 4.69) is 18.8 Å². The second-order valence-corrected chi connectivity index (χ2v) is 4.50. The molecule has 0 saturated carbocycles. The minimum absolute atomic E-state index is 0.220. The lowest BCUT2D eigenvalue weighted by Crippen LogP contribution is -2.16. The van der Waals surface area contributed by atoms with Crippen molar-refractivity contribution in [2.24, 2.45) is 0 Å². The first kappa shape index (κ1) is 12.6. The van der Waals surface area contributed by atoms with Crippen LogP contribution in [-0.4, -0.2) is 22.1 Å². The van der Waals surface area contributed by atoms with Crippen LogP contribution in [0.5, 0.6) is 0 Å². The number of esters is 1. The molecule has 0 fully saturated rings. The van der Waals surface area contributed by atoms with Crippen LogP contribution in [0.15, 0.2) is 24.3 Å². The first-order valence-corrected chi connectivity index (χ1v) is 6.24. The van der Waals surface area contributed by atoms with E-state index in [1.54, 1.807) is 0 Å². The maximum atomic E-state index is 11.7. The predicted octanol–water partition coefficient (Wildman–Crippen LogP) is 2.72. The third-order valence-electron chi connectivity index (χ3n) is 2.79. The lowest BCUT2D eigenvalue weighted by atomic mass is 10.2. The molecule has 0 radical (unpaired) electrons. The maximum Gasteiger partial charge on any atom is 0.326 e. The average Bonchev–Trinajstić information content (AvgIpc) is 2.69. The molecule has 0 aliphatic carbocycles. The number of benzene rings is 1. The van der Waals surface area contributed by atoms with Gasteiger partial charge in [0.1, 0.15) is 12.4 Å². The smallest absolute Gasteiger partial charge is 0.326 e. The zero-order chi connectivity index (χ0) is 13.1. The summed E-state index contributed by atoms with van der Waals surface area (Å²) in [5, 5.41) is 0. The predicted molar refractivity (Wildman–Crippen MR) is 70.5 cm³/mol. The van der Waals surface area contributed by atoms with Gasteiger partial charge in [-0.1, -0.05) is 26.0 Å². The number of ether oxygens (including phenoxy) is 1. The van der Waals surface area contributed by atoms with Gasteiger partial charge in [0.05, 0.1) is 17.6 Å². The van der Waals surface area contributed by atoms with Gasteiger partial charge < -0.3 is 9.30 Å². The van der Waals surface area contributed by atoms with Crippen LogP contribution in [0.4, 0.5) is 0 Å². The molecule has 2 aromatic rings. The molecule has 1 aromatic carbocycles. The van der Waals surface area contributed by atoms with Crippen molar-refractivity contribution in [2.45, 2.75) is 33.2 Å². The average molecular weight is 246 g/mol. The minimum atomic E-state index is -0.220. The minimum Gasteiger partial charge on any atom is -0.465 e. The molecule has 2 rings (SSSR count). The second-order valence-electron chi connectivity index (χ2n) is 4.50. The Labute approximate surface area is 107 Å². The highest BCUT2D eigenvalue weighted by molar-refractivity contribution is 5.79. The Bertz CT molecular complexity index is 558. The summed E-state index contributed by atoms with van der Waals surface area (Å²) in [5.41, 5.74) is 1.90. The Balaban J connectivity index is 2.45. The number of para-hydroxylation sites is 2. The van der Waals surface area contributed by atoms with Crippen molar-refractivity contribution in [3.8, 4) is 0 Å². The molecule has 4 nitrogen and oxygen atoms in total. The molecule has 0 spiro atoms. The third kappa shape index (κ3) is 2.37. The van der Waals surface area contributed by atoms with Crippen molar-refractivity contribution >= 4 is 17.0 Å². The summed E-state index contributed by atoms with van der Waals surface area (Å²) < 4.78 is 6.95. The second kappa shape index (κ2) is 5.21. The van der Waals surface area contributed by atoms with Crippen molar-refractivity contribution in [2.75, 3.05) is 6.61 Å². The Kier molecular flexibility index (Phi) is 3.65. The van der Waals surface area contributed by atoms with Gasteiger partial charge in [-0.2, -0.15) is 0 Å². The number of hydrogen-bond donors (Lipinski definition) is 0. The van der Waals surface area contributed by atoms with Crippen LogP contribution in [-0.2, 0) is 16.1 Å². The molecule has 18 heavy (non-hydrogen) atoms. The van der Waals surface area contributed by atoms with E-state index in [1.165, 1.54) is 0 Å². The first-order valence-electron chi connectivity index (χ1n) is 6.24. The fraction of sp³-hybridized carbons (Fsp3) is 0.429. The monoisotopic (exact) mass is 246 g/mol. The summed E-state index contributed by atoms with van der Waals surface area (Å²) in [7, 11) is 0. The Morgan fingerprint density at radius 2 is 2.11 bits per heavy atom. The van der Waals surface area contributed by atoms with Crippen molar-refractivity contribution in [3.05, 3.63) is 30.1 Å². The van der Waals surface area contributed by atoms with Crippen LogP contribution < -0.4 is 0 Å². The van der Waals surface area contributed by atoms with Crippen LogP contribution in [0, 0.1) is 0 Å². The van der Waals surface area contributed by atoms with Gasteiger partial charge in [0.2, 0.25) is 0 Å². The number of imidazole rings is 1. The van der Waals surface area contributed by atoms with Crippen LogP contribution >= 0.6 is 0 Å². The molecule has 0 N–H and O–H groups in total. The zero-order valence-electron chi connectivity index (χ0n) is 11.0. The molecule has 0 bridgehead atoms. The van der Waals surface area contributed by atoms with Crippen molar-refractivity contribution in [1.29, 1.82) is 0 Å². The van der Waals surface area contributed by atoms with Crippen LogP contribution in [0.3, 0.4) is 0 Å². The van der Waals surface area contributed by atoms with Crippen molar-refractivity contribution in [3.63, 3.8) is 0 Å². The van der Waals surface area contributed by atoms with E-state index >= 15 is 0 Å². The summed E-state index contributed by atoms with van der Waals surface area (Å²) >= 11 is 0. The van der Waals surface area contributed by atoms with E-state index in [-0.39, 0.29) is 18.4 Å². The van der Waals surface area contributed by atoms with Crippen LogP contribution in [0.25, 0.3) is 11.0 Å². The molecule has 0 atom stereocenters. The molecule has 1 heterocycles. The molecule has 0 unspecified atom stereocenters. The highest BCUT2D eigenvalue weighted by Gasteiger charge is 2.15. The number of fused-ring (bicyclic) bond motifs is 1. The molecule has 4 heteroatoms. The normalized spacial score (nSPS) is 11.1. The van der Waals surface area contributed by atoms with Gasteiger partial charge in [0.15, 0.2) is 0 Å². The Hall–Kier alpha value is -1.84. The SMILES string of the molecule is CCOC(=O)Cn1c(C(C)C)nc2ccccc21. The van der Waals surface area contributed by atoms with E-state index in [1.807, 2.05) is 35.8 Å². The zero-order valence-corrected chi connectivity index (χ0v) is 11.0. The molecule has 0 saturated heterocycles. The fourth-order valence-electron chi connectivity index (χ4n) is 2.04. The van der Waals surface area contributed by atoms with Crippen LogP contribution in [0.2, 0.25) is 0 Å². The number of aromatic nitrogens is 2. The van der Waals surface area contributed by atoms with E-state index in [0.29, 0.717) is 6.61 Å². The first-order chi connectivity index (χ1) is 8.63. The number of carbonyl (C=O) groups is 1. The molecular formula is C14H18N2O2.